The van der Waals surface area contributed by atoms with Gasteiger partial charge >= 0.3 is 0 Å². The SMILES string of the molecule is Cc1ccccc1NC(=O)C1CC2CCCC(C1)C2=O. The highest BCUT2D eigenvalue weighted by atomic mass is 16.2. The Morgan fingerprint density at radius 1 is 1.15 bits per heavy atom. The number of hydrogen-bond acceptors (Lipinski definition) is 2. The van der Waals surface area contributed by atoms with E-state index in [9.17, 15) is 9.59 Å². The lowest BCUT2D eigenvalue weighted by Crippen LogP contribution is -2.40. The van der Waals surface area contributed by atoms with Crippen molar-refractivity contribution in [1.29, 1.82) is 0 Å². The van der Waals surface area contributed by atoms with Crippen LogP contribution in [0.15, 0.2) is 24.3 Å². The first-order valence-corrected chi connectivity index (χ1v) is 7.55. The highest BCUT2D eigenvalue weighted by Crippen LogP contribution is 2.40. The lowest BCUT2D eigenvalue weighted by Gasteiger charge is -2.37. The van der Waals surface area contributed by atoms with Crippen LogP contribution >= 0.6 is 0 Å². The van der Waals surface area contributed by atoms with Gasteiger partial charge in [0.15, 0.2) is 0 Å². The van der Waals surface area contributed by atoms with Crippen molar-refractivity contribution in [2.45, 2.75) is 39.0 Å². The normalized spacial score (nSPS) is 29.1. The maximum absolute atomic E-state index is 12.4. The summed E-state index contributed by atoms with van der Waals surface area (Å²) in [6, 6.07) is 7.83. The van der Waals surface area contributed by atoms with Crippen LogP contribution in [0.2, 0.25) is 0 Å². The maximum Gasteiger partial charge on any atom is 0.227 e. The third-order valence-corrected chi connectivity index (χ3v) is 4.82. The second-order valence-electron chi connectivity index (χ2n) is 6.20. The molecule has 2 aliphatic carbocycles. The lowest BCUT2D eigenvalue weighted by atomic mass is 9.67. The van der Waals surface area contributed by atoms with E-state index in [-0.39, 0.29) is 23.7 Å². The minimum atomic E-state index is 0.00241. The number of hydrogen-bond donors (Lipinski definition) is 1. The van der Waals surface area contributed by atoms with E-state index in [2.05, 4.69) is 5.32 Å². The van der Waals surface area contributed by atoms with Gasteiger partial charge in [-0.1, -0.05) is 24.6 Å². The van der Waals surface area contributed by atoms with E-state index in [4.69, 9.17) is 0 Å². The van der Waals surface area contributed by atoms with Crippen LogP contribution < -0.4 is 5.32 Å². The summed E-state index contributed by atoms with van der Waals surface area (Å²) < 4.78 is 0. The molecule has 2 aliphatic rings. The quantitative estimate of drug-likeness (QED) is 0.896. The van der Waals surface area contributed by atoms with Crippen molar-refractivity contribution in [3.05, 3.63) is 29.8 Å². The molecular weight excluding hydrogens is 250 g/mol. The number of Topliss-reactive ketones (excluding diaryl/α,β-unsaturated/α-hetero) is 1. The highest BCUT2D eigenvalue weighted by molar-refractivity contribution is 5.95. The number of ketones is 1. The summed E-state index contributed by atoms with van der Waals surface area (Å²) in [5, 5.41) is 3.03. The first-order valence-electron chi connectivity index (χ1n) is 7.55. The molecule has 3 rings (SSSR count). The molecule has 0 heterocycles. The van der Waals surface area contributed by atoms with Crippen molar-refractivity contribution in [3.63, 3.8) is 0 Å². The number of benzene rings is 1. The van der Waals surface area contributed by atoms with E-state index in [1.54, 1.807) is 0 Å². The second kappa shape index (κ2) is 5.39. The highest BCUT2D eigenvalue weighted by Gasteiger charge is 2.41. The van der Waals surface area contributed by atoms with E-state index >= 15 is 0 Å². The Labute approximate surface area is 119 Å². The first-order chi connectivity index (χ1) is 9.65. The molecule has 2 saturated carbocycles. The van der Waals surface area contributed by atoms with Crippen molar-refractivity contribution in [1.82, 2.24) is 0 Å². The molecule has 0 aliphatic heterocycles. The van der Waals surface area contributed by atoms with Crippen LogP contribution in [-0.4, -0.2) is 11.7 Å². The molecule has 3 heteroatoms. The van der Waals surface area contributed by atoms with Crippen molar-refractivity contribution in [2.24, 2.45) is 17.8 Å². The largest absolute Gasteiger partial charge is 0.326 e. The number of nitrogens with one attached hydrogen (secondary N) is 1. The molecule has 0 spiro atoms. The molecule has 0 radical (unpaired) electrons. The zero-order valence-electron chi connectivity index (χ0n) is 11.9. The number of fused-ring (bicyclic) bond motifs is 2. The monoisotopic (exact) mass is 271 g/mol. The van der Waals surface area contributed by atoms with E-state index < -0.39 is 0 Å². The predicted octanol–water partition coefficient (Wildman–Crippen LogP) is 3.33. The lowest BCUT2D eigenvalue weighted by molar-refractivity contribution is -0.136. The van der Waals surface area contributed by atoms with E-state index in [1.165, 1.54) is 0 Å². The number of carbonyl (C=O) groups excluding carboxylic acids is 2. The first kappa shape index (κ1) is 13.3. The summed E-state index contributed by atoms with van der Waals surface area (Å²) in [5.74, 6) is 0.771. The minimum absolute atomic E-state index is 0.00241. The van der Waals surface area contributed by atoms with Crippen LogP contribution in [0.4, 0.5) is 5.69 Å². The molecule has 1 aromatic rings. The summed E-state index contributed by atoms with van der Waals surface area (Å²) in [5.41, 5.74) is 1.97. The summed E-state index contributed by atoms with van der Waals surface area (Å²) in [6.45, 7) is 1.99. The van der Waals surface area contributed by atoms with Crippen molar-refractivity contribution in [3.8, 4) is 0 Å². The van der Waals surface area contributed by atoms with Crippen LogP contribution in [0.3, 0.4) is 0 Å². The molecule has 2 unspecified atom stereocenters. The van der Waals surface area contributed by atoms with Gasteiger partial charge in [0.25, 0.3) is 0 Å². The van der Waals surface area contributed by atoms with Gasteiger partial charge < -0.3 is 5.32 Å². The van der Waals surface area contributed by atoms with Gasteiger partial charge in [0, 0.05) is 23.4 Å². The Hall–Kier alpha value is -1.64. The number of rotatable bonds is 2. The Morgan fingerprint density at radius 2 is 1.80 bits per heavy atom. The van der Waals surface area contributed by atoms with Crippen LogP contribution in [0, 0.1) is 24.7 Å². The summed E-state index contributed by atoms with van der Waals surface area (Å²) in [6.07, 6.45) is 4.58. The molecule has 2 bridgehead atoms. The van der Waals surface area contributed by atoms with Crippen LogP contribution in [-0.2, 0) is 9.59 Å². The van der Waals surface area contributed by atoms with Gasteiger partial charge in [0.2, 0.25) is 5.91 Å². The van der Waals surface area contributed by atoms with Gasteiger partial charge in [0.1, 0.15) is 5.78 Å². The molecule has 0 saturated heterocycles. The fourth-order valence-corrected chi connectivity index (χ4v) is 3.64. The Bertz CT molecular complexity index is 522. The smallest absolute Gasteiger partial charge is 0.227 e. The average Bonchev–Trinajstić information content (AvgIpc) is 2.41. The van der Waals surface area contributed by atoms with Gasteiger partial charge in [-0.3, -0.25) is 9.59 Å². The molecule has 1 N–H and O–H groups in total. The summed E-state index contributed by atoms with van der Waals surface area (Å²) in [7, 11) is 0. The zero-order valence-corrected chi connectivity index (χ0v) is 11.9. The fourth-order valence-electron chi connectivity index (χ4n) is 3.64. The molecule has 1 aromatic carbocycles. The van der Waals surface area contributed by atoms with Crippen LogP contribution in [0.25, 0.3) is 0 Å². The van der Waals surface area contributed by atoms with E-state index in [0.29, 0.717) is 5.78 Å². The van der Waals surface area contributed by atoms with Crippen molar-refractivity contribution in [2.75, 3.05) is 5.32 Å². The minimum Gasteiger partial charge on any atom is -0.326 e. The number of carbonyl (C=O) groups is 2. The molecule has 20 heavy (non-hydrogen) atoms. The number of para-hydroxylation sites is 1. The maximum atomic E-state index is 12.4. The molecule has 2 atom stereocenters. The summed E-state index contributed by atoms with van der Waals surface area (Å²) >= 11 is 0. The number of anilines is 1. The molecule has 3 nitrogen and oxygen atoms in total. The number of amides is 1. The number of aryl methyl sites for hydroxylation is 1. The molecule has 2 fully saturated rings. The van der Waals surface area contributed by atoms with Gasteiger partial charge in [-0.15, -0.1) is 0 Å². The van der Waals surface area contributed by atoms with Gasteiger partial charge in [-0.05, 0) is 44.2 Å². The zero-order chi connectivity index (χ0) is 14.1. The average molecular weight is 271 g/mol. The van der Waals surface area contributed by atoms with E-state index in [1.807, 2.05) is 31.2 Å². The molecule has 0 aromatic heterocycles. The van der Waals surface area contributed by atoms with Gasteiger partial charge in [-0.25, -0.2) is 0 Å². The second-order valence-corrected chi connectivity index (χ2v) is 6.20. The molecular formula is C17H21NO2. The van der Waals surface area contributed by atoms with Crippen LogP contribution in [0.5, 0.6) is 0 Å². The third kappa shape index (κ3) is 2.49. The van der Waals surface area contributed by atoms with Crippen LogP contribution in [0.1, 0.15) is 37.7 Å². The van der Waals surface area contributed by atoms with Gasteiger partial charge in [-0.2, -0.15) is 0 Å². The Balaban J connectivity index is 1.69. The van der Waals surface area contributed by atoms with Crippen molar-refractivity contribution >= 4 is 17.4 Å². The van der Waals surface area contributed by atoms with E-state index in [0.717, 1.165) is 43.4 Å². The standard InChI is InChI=1S/C17H21NO2/c1-11-5-2-3-8-15(11)18-17(20)14-9-12-6-4-7-13(10-14)16(12)19/h2-3,5,8,12-14H,4,6-7,9-10H2,1H3,(H,18,20). The predicted molar refractivity (Wildman–Crippen MR) is 78.4 cm³/mol. The van der Waals surface area contributed by atoms with Gasteiger partial charge in [0.05, 0.1) is 0 Å². The Kier molecular flexibility index (Phi) is 3.60. The third-order valence-electron chi connectivity index (χ3n) is 4.82. The summed E-state index contributed by atoms with van der Waals surface area (Å²) in [4.78, 5) is 24.5. The topological polar surface area (TPSA) is 46.2 Å². The Morgan fingerprint density at radius 3 is 2.45 bits per heavy atom. The fraction of sp³-hybridized carbons (Fsp3) is 0.529. The molecule has 1 amide bonds. The van der Waals surface area contributed by atoms with Crippen molar-refractivity contribution < 1.29 is 9.59 Å². The molecule has 106 valence electrons.